The van der Waals surface area contributed by atoms with Crippen LogP contribution >= 0.6 is 23.2 Å². The van der Waals surface area contributed by atoms with Crippen LogP contribution in [0.4, 0.5) is 5.69 Å². The van der Waals surface area contributed by atoms with Gasteiger partial charge in [0.1, 0.15) is 0 Å². The Bertz CT molecular complexity index is 643. The molecule has 0 aliphatic carbocycles. The normalized spacial score (nSPS) is 12.4. The van der Waals surface area contributed by atoms with Gasteiger partial charge in [-0.2, -0.15) is 0 Å². The van der Waals surface area contributed by atoms with Crippen molar-refractivity contribution in [3.63, 3.8) is 0 Å². The minimum absolute atomic E-state index is 0.336. The first-order valence-corrected chi connectivity index (χ1v) is 7.73. The van der Waals surface area contributed by atoms with Crippen LogP contribution < -0.4 is 5.73 Å². The van der Waals surface area contributed by atoms with Crippen molar-refractivity contribution in [2.75, 3.05) is 5.73 Å². The second-order valence-electron chi connectivity index (χ2n) is 4.24. The summed E-state index contributed by atoms with van der Waals surface area (Å²) in [5.41, 5.74) is 8.14. The molecule has 0 aliphatic rings. The lowest BCUT2D eigenvalue weighted by Crippen LogP contribution is -1.99. The number of nitrogens with two attached hydrogens (primary N) is 1. The van der Waals surface area contributed by atoms with E-state index in [1.165, 1.54) is 0 Å². The third-order valence-electron chi connectivity index (χ3n) is 2.80. The lowest BCUT2D eigenvalue weighted by molar-refractivity contribution is 0.682. The van der Waals surface area contributed by atoms with Crippen molar-refractivity contribution >= 4 is 39.7 Å². The molecule has 0 bridgehead atoms. The maximum absolute atomic E-state index is 12.3. The molecule has 0 heterocycles. The molecule has 100 valence electrons. The molecule has 0 spiro atoms. The second-order valence-corrected chi connectivity index (χ2v) is 6.54. The van der Waals surface area contributed by atoms with Gasteiger partial charge in [-0.1, -0.05) is 23.2 Å². The Morgan fingerprint density at radius 2 is 1.89 bits per heavy atom. The molecular weight excluding hydrogens is 301 g/mol. The van der Waals surface area contributed by atoms with E-state index in [-0.39, 0.29) is 0 Å². The van der Waals surface area contributed by atoms with Crippen LogP contribution in [-0.2, 0) is 16.6 Å². The van der Waals surface area contributed by atoms with Gasteiger partial charge in [-0.3, -0.25) is 4.21 Å². The smallest absolute Gasteiger partial charge is 0.0574 e. The average molecular weight is 314 g/mol. The predicted octanol–water partition coefficient (Wildman–Crippen LogP) is 4.19. The van der Waals surface area contributed by atoms with E-state index in [2.05, 4.69) is 0 Å². The van der Waals surface area contributed by atoms with Gasteiger partial charge < -0.3 is 5.73 Å². The summed E-state index contributed by atoms with van der Waals surface area (Å²) in [5.74, 6) is 0.336. The number of benzene rings is 2. The van der Waals surface area contributed by atoms with Gasteiger partial charge in [0.15, 0.2) is 0 Å². The number of hydrogen-bond acceptors (Lipinski definition) is 2. The van der Waals surface area contributed by atoms with Gasteiger partial charge in [0.25, 0.3) is 0 Å². The average Bonchev–Trinajstić information content (AvgIpc) is 2.37. The van der Waals surface area contributed by atoms with E-state index in [1.807, 2.05) is 13.0 Å². The van der Waals surface area contributed by atoms with E-state index in [9.17, 15) is 4.21 Å². The molecule has 2 aromatic rings. The summed E-state index contributed by atoms with van der Waals surface area (Å²) in [5, 5.41) is 1.16. The standard InChI is InChI=1S/C14H13Cl2NOS/c1-9-6-12(3-5-14(9)17)19(18)8-10-7-11(15)2-4-13(10)16/h2-7H,8,17H2,1H3. The fraction of sp³-hybridized carbons (Fsp3) is 0.143. The van der Waals surface area contributed by atoms with E-state index < -0.39 is 10.8 Å². The molecule has 5 heteroatoms. The monoisotopic (exact) mass is 313 g/mol. The van der Waals surface area contributed by atoms with Crippen molar-refractivity contribution in [3.05, 3.63) is 57.6 Å². The SMILES string of the molecule is Cc1cc(S(=O)Cc2cc(Cl)ccc2Cl)ccc1N. The quantitative estimate of drug-likeness (QED) is 0.863. The minimum Gasteiger partial charge on any atom is -0.399 e. The summed E-state index contributed by atoms with van der Waals surface area (Å²) in [6.45, 7) is 1.89. The molecule has 0 saturated heterocycles. The highest BCUT2D eigenvalue weighted by atomic mass is 35.5. The molecule has 1 atom stereocenters. The van der Waals surface area contributed by atoms with Crippen molar-refractivity contribution in [1.29, 1.82) is 0 Å². The Hall–Kier alpha value is -1.03. The van der Waals surface area contributed by atoms with Crippen molar-refractivity contribution in [1.82, 2.24) is 0 Å². The van der Waals surface area contributed by atoms with E-state index in [0.29, 0.717) is 21.5 Å². The molecule has 2 N–H and O–H groups in total. The summed E-state index contributed by atoms with van der Waals surface area (Å²) < 4.78 is 12.3. The third kappa shape index (κ3) is 3.50. The van der Waals surface area contributed by atoms with Crippen molar-refractivity contribution < 1.29 is 4.21 Å². The first-order valence-electron chi connectivity index (χ1n) is 5.66. The molecule has 0 radical (unpaired) electrons. The highest BCUT2D eigenvalue weighted by molar-refractivity contribution is 7.84. The van der Waals surface area contributed by atoms with Gasteiger partial charge in [0, 0.05) is 20.6 Å². The third-order valence-corrected chi connectivity index (χ3v) is 4.76. The molecule has 0 amide bonds. The Morgan fingerprint density at radius 3 is 2.58 bits per heavy atom. The maximum atomic E-state index is 12.3. The lowest BCUT2D eigenvalue weighted by atomic mass is 10.2. The van der Waals surface area contributed by atoms with Crippen LogP contribution in [-0.4, -0.2) is 4.21 Å². The van der Waals surface area contributed by atoms with E-state index in [1.54, 1.807) is 30.3 Å². The molecule has 0 fully saturated rings. The molecule has 0 saturated carbocycles. The number of anilines is 1. The summed E-state index contributed by atoms with van der Waals surface area (Å²) in [4.78, 5) is 0.739. The predicted molar refractivity (Wildman–Crippen MR) is 82.2 cm³/mol. The Morgan fingerprint density at radius 1 is 1.16 bits per heavy atom. The van der Waals surface area contributed by atoms with Crippen LogP contribution in [0.25, 0.3) is 0 Å². The lowest BCUT2D eigenvalue weighted by Gasteiger charge is -2.07. The van der Waals surface area contributed by atoms with E-state index >= 15 is 0 Å². The zero-order valence-corrected chi connectivity index (χ0v) is 12.6. The summed E-state index contributed by atoms with van der Waals surface area (Å²) in [7, 11) is -1.17. The van der Waals surface area contributed by atoms with Crippen molar-refractivity contribution in [3.8, 4) is 0 Å². The Kier molecular flexibility index (Phi) is 4.50. The van der Waals surface area contributed by atoms with Crippen LogP contribution in [0.15, 0.2) is 41.3 Å². The van der Waals surface area contributed by atoms with Crippen LogP contribution in [0.5, 0.6) is 0 Å². The van der Waals surface area contributed by atoms with Gasteiger partial charge >= 0.3 is 0 Å². The second kappa shape index (κ2) is 5.95. The zero-order valence-electron chi connectivity index (χ0n) is 10.3. The topological polar surface area (TPSA) is 43.1 Å². The molecular formula is C14H13Cl2NOS. The molecule has 1 unspecified atom stereocenters. The van der Waals surface area contributed by atoms with Crippen LogP contribution in [0.1, 0.15) is 11.1 Å². The first-order chi connectivity index (χ1) is 8.97. The number of aryl methyl sites for hydroxylation is 1. The minimum atomic E-state index is -1.17. The Labute approximate surface area is 125 Å². The highest BCUT2D eigenvalue weighted by Gasteiger charge is 2.09. The molecule has 2 rings (SSSR count). The van der Waals surface area contributed by atoms with Gasteiger partial charge in [-0.25, -0.2) is 0 Å². The fourth-order valence-electron chi connectivity index (χ4n) is 1.67. The highest BCUT2D eigenvalue weighted by Crippen LogP contribution is 2.24. The van der Waals surface area contributed by atoms with E-state index in [0.717, 1.165) is 16.0 Å². The summed E-state index contributed by atoms with van der Waals surface area (Å²) in [6, 6.07) is 10.5. The van der Waals surface area contributed by atoms with Crippen LogP contribution in [0.3, 0.4) is 0 Å². The first kappa shape index (κ1) is 14.4. The van der Waals surface area contributed by atoms with Gasteiger partial charge in [-0.05, 0) is 54.4 Å². The number of halogens is 2. The molecule has 2 nitrogen and oxygen atoms in total. The van der Waals surface area contributed by atoms with E-state index in [4.69, 9.17) is 28.9 Å². The zero-order chi connectivity index (χ0) is 14.0. The van der Waals surface area contributed by atoms with Crippen LogP contribution in [0, 0.1) is 6.92 Å². The number of hydrogen-bond donors (Lipinski definition) is 1. The summed E-state index contributed by atoms with van der Waals surface area (Å²) >= 11 is 12.0. The van der Waals surface area contributed by atoms with Crippen molar-refractivity contribution in [2.24, 2.45) is 0 Å². The molecule has 2 aromatic carbocycles. The Balaban J connectivity index is 2.25. The van der Waals surface area contributed by atoms with Gasteiger partial charge in [0.2, 0.25) is 0 Å². The maximum Gasteiger partial charge on any atom is 0.0574 e. The molecule has 0 aliphatic heterocycles. The van der Waals surface area contributed by atoms with Gasteiger partial charge in [0.05, 0.1) is 16.6 Å². The molecule has 0 aromatic heterocycles. The van der Waals surface area contributed by atoms with Gasteiger partial charge in [-0.15, -0.1) is 0 Å². The number of nitrogen functional groups attached to an aromatic ring is 1. The summed E-state index contributed by atoms with van der Waals surface area (Å²) in [6.07, 6.45) is 0. The number of rotatable bonds is 3. The fourth-order valence-corrected chi connectivity index (χ4v) is 3.34. The van der Waals surface area contributed by atoms with Crippen LogP contribution in [0.2, 0.25) is 10.0 Å². The van der Waals surface area contributed by atoms with Crippen molar-refractivity contribution in [2.45, 2.75) is 17.6 Å². The largest absolute Gasteiger partial charge is 0.399 e. The molecule has 19 heavy (non-hydrogen) atoms.